The largest absolute Gasteiger partial charge is 0.478 e. The molecule has 0 aromatic rings. The van der Waals surface area contributed by atoms with Crippen LogP contribution in [0.1, 0.15) is 13.3 Å². The van der Waals surface area contributed by atoms with Crippen molar-refractivity contribution in [1.82, 2.24) is 5.32 Å². The number of hydrogen-bond donors (Lipinski definition) is 3. The van der Waals surface area contributed by atoms with E-state index < -0.39 is 5.97 Å². The number of carbonyl (C=O) groups is 1. The lowest BCUT2D eigenvalue weighted by Gasteiger charge is -2.18. The highest BCUT2D eigenvalue weighted by Gasteiger charge is 2.15. The van der Waals surface area contributed by atoms with Gasteiger partial charge < -0.3 is 15.8 Å². The van der Waals surface area contributed by atoms with Crippen molar-refractivity contribution in [3.05, 3.63) is 35.6 Å². The van der Waals surface area contributed by atoms with Crippen LogP contribution in [0.2, 0.25) is 0 Å². The number of dihydropyridines is 1. The van der Waals surface area contributed by atoms with Gasteiger partial charge in [0.15, 0.2) is 0 Å². The van der Waals surface area contributed by atoms with Gasteiger partial charge in [-0.3, -0.25) is 0 Å². The summed E-state index contributed by atoms with van der Waals surface area (Å²) in [5.41, 5.74) is 1.46. The van der Waals surface area contributed by atoms with Gasteiger partial charge in [0.1, 0.15) is 0 Å². The van der Waals surface area contributed by atoms with Crippen LogP contribution in [-0.4, -0.2) is 23.8 Å². The topological polar surface area (TPSA) is 73.2 Å². The number of nitrogens with one attached hydrogen (secondary N) is 2. The van der Waals surface area contributed by atoms with Gasteiger partial charge in [0.25, 0.3) is 0 Å². The van der Waals surface area contributed by atoms with E-state index in [-0.39, 0.29) is 11.5 Å². The molecule has 16 heavy (non-hydrogen) atoms. The summed E-state index contributed by atoms with van der Waals surface area (Å²) < 4.78 is 0. The first kappa shape index (κ1) is 12.2. The molecule has 4 nitrogen and oxygen atoms in total. The SMILES string of the molecule is CC(C/C(=C\C=N)C(=O)O)C1=CC=CNC1. The predicted molar refractivity (Wildman–Crippen MR) is 63.5 cm³/mol. The molecule has 0 bridgehead atoms. The summed E-state index contributed by atoms with van der Waals surface area (Å²) in [7, 11) is 0. The minimum absolute atomic E-state index is 0.166. The van der Waals surface area contributed by atoms with Crippen molar-refractivity contribution in [3.8, 4) is 0 Å². The minimum atomic E-state index is -0.949. The Morgan fingerprint density at radius 2 is 2.50 bits per heavy atom. The summed E-state index contributed by atoms with van der Waals surface area (Å²) in [5.74, 6) is -0.782. The van der Waals surface area contributed by atoms with Crippen molar-refractivity contribution < 1.29 is 9.90 Å². The molecule has 0 aromatic carbocycles. The van der Waals surface area contributed by atoms with Gasteiger partial charge in [0.05, 0.1) is 0 Å². The molecule has 0 fully saturated rings. The molecule has 1 aliphatic heterocycles. The van der Waals surface area contributed by atoms with Gasteiger partial charge in [-0.25, -0.2) is 4.79 Å². The molecule has 0 aromatic heterocycles. The first-order chi connectivity index (χ1) is 7.65. The lowest BCUT2D eigenvalue weighted by Crippen LogP contribution is -2.18. The second-order valence-electron chi connectivity index (χ2n) is 3.75. The van der Waals surface area contributed by atoms with Crippen molar-refractivity contribution >= 4 is 12.2 Å². The summed E-state index contributed by atoms with van der Waals surface area (Å²) in [5, 5.41) is 18.9. The van der Waals surface area contributed by atoms with E-state index in [2.05, 4.69) is 5.32 Å². The zero-order valence-corrected chi connectivity index (χ0v) is 9.23. The van der Waals surface area contributed by atoms with E-state index in [0.29, 0.717) is 6.42 Å². The van der Waals surface area contributed by atoms with Crippen molar-refractivity contribution in [2.75, 3.05) is 6.54 Å². The summed E-state index contributed by atoms with van der Waals surface area (Å²) in [4.78, 5) is 10.9. The summed E-state index contributed by atoms with van der Waals surface area (Å²) in [6.45, 7) is 2.75. The normalized spacial score (nSPS) is 17.3. The first-order valence-electron chi connectivity index (χ1n) is 5.17. The zero-order chi connectivity index (χ0) is 12.0. The molecule has 1 atom stereocenters. The van der Waals surface area contributed by atoms with Crippen molar-refractivity contribution in [2.45, 2.75) is 13.3 Å². The van der Waals surface area contributed by atoms with E-state index in [4.69, 9.17) is 10.5 Å². The average Bonchev–Trinajstić information content (AvgIpc) is 2.29. The van der Waals surface area contributed by atoms with Crippen LogP contribution in [0.3, 0.4) is 0 Å². The fourth-order valence-corrected chi connectivity index (χ4v) is 1.60. The summed E-state index contributed by atoms with van der Waals surface area (Å²) >= 11 is 0. The number of carboxylic acid groups (broad SMARTS) is 1. The van der Waals surface area contributed by atoms with Crippen molar-refractivity contribution in [2.24, 2.45) is 5.92 Å². The average molecular weight is 220 g/mol. The van der Waals surface area contributed by atoms with Gasteiger partial charge in [-0.15, -0.1) is 0 Å². The molecule has 0 amide bonds. The van der Waals surface area contributed by atoms with Crippen LogP contribution >= 0.6 is 0 Å². The number of rotatable bonds is 5. The molecule has 0 radical (unpaired) electrons. The van der Waals surface area contributed by atoms with Crippen LogP contribution in [-0.2, 0) is 4.79 Å². The predicted octanol–water partition coefficient (Wildman–Crippen LogP) is 1.72. The number of hydrogen-bond acceptors (Lipinski definition) is 3. The Morgan fingerprint density at radius 3 is 3.00 bits per heavy atom. The molecule has 0 saturated heterocycles. The van der Waals surface area contributed by atoms with E-state index in [0.717, 1.165) is 12.8 Å². The molecule has 4 heteroatoms. The fourth-order valence-electron chi connectivity index (χ4n) is 1.60. The first-order valence-corrected chi connectivity index (χ1v) is 5.17. The fraction of sp³-hybridized carbons (Fsp3) is 0.333. The van der Waals surface area contributed by atoms with Gasteiger partial charge >= 0.3 is 5.97 Å². The van der Waals surface area contributed by atoms with E-state index in [9.17, 15) is 4.79 Å². The molecule has 0 spiro atoms. The van der Waals surface area contributed by atoms with E-state index in [1.54, 1.807) is 0 Å². The van der Waals surface area contributed by atoms with Crippen LogP contribution in [0.4, 0.5) is 0 Å². The van der Waals surface area contributed by atoms with Gasteiger partial charge in [-0.2, -0.15) is 0 Å². The molecule has 1 heterocycles. The quantitative estimate of drug-likeness (QED) is 0.488. The Labute approximate surface area is 94.9 Å². The van der Waals surface area contributed by atoms with Crippen LogP contribution < -0.4 is 5.32 Å². The number of aliphatic carboxylic acids is 1. The molecule has 0 saturated carbocycles. The summed E-state index contributed by atoms with van der Waals surface area (Å²) in [6, 6.07) is 0. The standard InChI is InChI=1S/C12H16N2O2/c1-9(11-3-2-6-14-8-11)7-10(4-5-13)12(15)16/h2-6,9,13-14H,7-8H2,1H3,(H,15,16)/b10-4+,13-5?. The van der Waals surface area contributed by atoms with Crippen LogP contribution in [0.5, 0.6) is 0 Å². The van der Waals surface area contributed by atoms with Crippen molar-refractivity contribution in [1.29, 1.82) is 5.41 Å². The van der Waals surface area contributed by atoms with E-state index in [1.807, 2.05) is 25.3 Å². The number of carboxylic acids is 1. The maximum atomic E-state index is 10.9. The Morgan fingerprint density at radius 1 is 1.75 bits per heavy atom. The van der Waals surface area contributed by atoms with E-state index in [1.165, 1.54) is 11.6 Å². The molecule has 3 N–H and O–H groups in total. The van der Waals surface area contributed by atoms with Gasteiger partial charge in [-0.05, 0) is 36.3 Å². The molecular weight excluding hydrogens is 204 g/mol. The van der Waals surface area contributed by atoms with Gasteiger partial charge in [0, 0.05) is 18.3 Å². The van der Waals surface area contributed by atoms with Crippen molar-refractivity contribution in [3.63, 3.8) is 0 Å². The molecule has 1 rings (SSSR count). The highest BCUT2D eigenvalue weighted by Crippen LogP contribution is 2.20. The number of allylic oxidation sites excluding steroid dienone is 3. The van der Waals surface area contributed by atoms with Crippen LogP contribution in [0.25, 0.3) is 0 Å². The lowest BCUT2D eigenvalue weighted by molar-refractivity contribution is -0.132. The van der Waals surface area contributed by atoms with E-state index >= 15 is 0 Å². The summed E-state index contributed by atoms with van der Waals surface area (Å²) in [6.07, 6.45) is 8.59. The molecule has 86 valence electrons. The Kier molecular flexibility index (Phi) is 4.51. The van der Waals surface area contributed by atoms with Crippen LogP contribution in [0, 0.1) is 11.3 Å². The Hall–Kier alpha value is -1.84. The zero-order valence-electron chi connectivity index (χ0n) is 9.23. The monoisotopic (exact) mass is 220 g/mol. The molecule has 1 unspecified atom stereocenters. The molecule has 1 aliphatic rings. The third-order valence-corrected chi connectivity index (χ3v) is 2.55. The molecular formula is C12H16N2O2. The smallest absolute Gasteiger partial charge is 0.331 e. The second kappa shape index (κ2) is 5.90. The third kappa shape index (κ3) is 3.38. The Balaban J connectivity index is 2.68. The minimum Gasteiger partial charge on any atom is -0.478 e. The third-order valence-electron chi connectivity index (χ3n) is 2.55. The maximum Gasteiger partial charge on any atom is 0.331 e. The second-order valence-corrected chi connectivity index (χ2v) is 3.75. The molecule has 0 aliphatic carbocycles. The van der Waals surface area contributed by atoms with Crippen LogP contribution in [0.15, 0.2) is 35.6 Å². The highest BCUT2D eigenvalue weighted by molar-refractivity contribution is 5.91. The van der Waals surface area contributed by atoms with Gasteiger partial charge in [0.2, 0.25) is 0 Å². The maximum absolute atomic E-state index is 10.9. The lowest BCUT2D eigenvalue weighted by atomic mass is 9.92. The Bertz CT molecular complexity index is 367. The van der Waals surface area contributed by atoms with Gasteiger partial charge in [-0.1, -0.05) is 13.0 Å². The highest BCUT2D eigenvalue weighted by atomic mass is 16.4.